The summed E-state index contributed by atoms with van der Waals surface area (Å²) >= 11 is 3.62. The topological polar surface area (TPSA) is 41.7 Å². The first-order valence-corrected chi connectivity index (χ1v) is 8.75. The van der Waals surface area contributed by atoms with Gasteiger partial charge in [-0.15, -0.1) is 0 Å². The Bertz CT molecular complexity index is 796. The van der Waals surface area contributed by atoms with Gasteiger partial charge in [-0.1, -0.05) is 6.07 Å². The summed E-state index contributed by atoms with van der Waals surface area (Å²) in [7, 11) is 0. The second-order valence-electron chi connectivity index (χ2n) is 7.09. The fraction of sp³-hybridized carbons (Fsp3) is 0.529. The first-order chi connectivity index (χ1) is 10.2. The zero-order chi connectivity index (χ0) is 14.1. The molecule has 21 heavy (non-hydrogen) atoms. The molecule has 4 aliphatic rings. The van der Waals surface area contributed by atoms with Gasteiger partial charge in [-0.25, -0.2) is 4.98 Å². The Balaban J connectivity index is 1.87. The summed E-state index contributed by atoms with van der Waals surface area (Å²) in [5.41, 5.74) is 1.64. The van der Waals surface area contributed by atoms with Gasteiger partial charge in [0.2, 0.25) is 0 Å². The van der Waals surface area contributed by atoms with Crippen molar-refractivity contribution in [2.24, 2.45) is 11.8 Å². The molecule has 0 saturated heterocycles. The minimum absolute atomic E-state index is 0.514. The largest absolute Gasteiger partial charge is 0.311 e. The number of nitrogens with zero attached hydrogens (tertiary/aromatic N) is 2. The third-order valence-electron chi connectivity index (χ3n) is 5.80. The summed E-state index contributed by atoms with van der Waals surface area (Å²) in [5, 5.41) is 9.73. The molecule has 1 aromatic carbocycles. The average Bonchev–Trinajstić information content (AvgIpc) is 2.62. The number of rotatable bonds is 0. The van der Waals surface area contributed by atoms with Crippen LogP contribution in [0, 0.1) is 17.2 Å². The van der Waals surface area contributed by atoms with E-state index in [4.69, 9.17) is 10.4 Å². The van der Waals surface area contributed by atoms with Crippen LogP contribution in [0.2, 0.25) is 0 Å². The van der Waals surface area contributed by atoms with E-state index in [1.165, 1.54) is 37.9 Å². The molecule has 3 heterocycles. The third kappa shape index (κ3) is 1.65. The van der Waals surface area contributed by atoms with Gasteiger partial charge in [0, 0.05) is 21.8 Å². The highest BCUT2D eigenvalue weighted by molar-refractivity contribution is 9.10. The lowest BCUT2D eigenvalue weighted by Gasteiger charge is -2.37. The molecule has 4 bridgehead atoms. The molecule has 6 rings (SSSR count). The van der Waals surface area contributed by atoms with E-state index in [1.807, 2.05) is 18.2 Å². The lowest BCUT2D eigenvalue weighted by molar-refractivity contribution is 0.150. The quantitative estimate of drug-likeness (QED) is 0.767. The average molecular weight is 344 g/mol. The van der Waals surface area contributed by atoms with Crippen LogP contribution in [0.1, 0.15) is 49.9 Å². The Morgan fingerprint density at radius 1 is 1.10 bits per heavy atom. The minimum Gasteiger partial charge on any atom is -0.311 e. The zero-order valence-electron chi connectivity index (χ0n) is 11.8. The van der Waals surface area contributed by atoms with Crippen LogP contribution in [0.25, 0.3) is 10.9 Å². The maximum Gasteiger partial charge on any atom is 0.136 e. The van der Waals surface area contributed by atoms with Gasteiger partial charge in [-0.3, -0.25) is 5.41 Å². The molecule has 1 N–H and O–H groups in total. The van der Waals surface area contributed by atoms with E-state index in [0.29, 0.717) is 17.4 Å². The molecule has 2 unspecified atom stereocenters. The molecular weight excluding hydrogens is 326 g/mol. The van der Waals surface area contributed by atoms with Crippen LogP contribution >= 0.6 is 15.9 Å². The van der Waals surface area contributed by atoms with Gasteiger partial charge in [0.15, 0.2) is 0 Å². The second-order valence-corrected chi connectivity index (χ2v) is 7.94. The molecule has 4 heteroatoms. The molecule has 0 spiro atoms. The number of halogens is 1. The fourth-order valence-corrected chi connectivity index (χ4v) is 5.58. The number of fused-ring (bicyclic) bond motifs is 1. The van der Waals surface area contributed by atoms with Crippen molar-refractivity contribution < 1.29 is 0 Å². The van der Waals surface area contributed by atoms with Crippen LogP contribution in [-0.4, -0.2) is 9.55 Å². The molecule has 2 atom stereocenters. The van der Waals surface area contributed by atoms with E-state index in [1.54, 1.807) is 0 Å². The number of hydrogen-bond acceptors (Lipinski definition) is 2. The minimum atomic E-state index is 0.514. The summed E-state index contributed by atoms with van der Waals surface area (Å²) in [5.74, 6) is 3.48. The molecule has 2 aromatic rings. The van der Waals surface area contributed by atoms with Gasteiger partial charge in [-0.05, 0) is 72.0 Å². The Morgan fingerprint density at radius 2 is 1.86 bits per heavy atom. The normalized spacial score (nSPS) is 33.2. The first kappa shape index (κ1) is 12.4. The van der Waals surface area contributed by atoms with Gasteiger partial charge in [0.05, 0.1) is 5.52 Å². The van der Waals surface area contributed by atoms with Crippen molar-refractivity contribution in [1.29, 1.82) is 5.41 Å². The highest BCUT2D eigenvalue weighted by Crippen LogP contribution is 2.52. The number of para-hydroxylation sites is 1. The SMILES string of the molecule is N=c1c2cccc(Br)c2nc2n1C1CC3CC(CC2C3)C1. The van der Waals surface area contributed by atoms with E-state index in [0.717, 1.165) is 27.2 Å². The van der Waals surface area contributed by atoms with Crippen molar-refractivity contribution in [2.75, 3.05) is 0 Å². The van der Waals surface area contributed by atoms with Crippen LogP contribution in [-0.2, 0) is 0 Å². The summed E-state index contributed by atoms with van der Waals surface area (Å²) in [6, 6.07) is 6.60. The van der Waals surface area contributed by atoms with Gasteiger partial charge in [0.1, 0.15) is 11.3 Å². The van der Waals surface area contributed by atoms with Crippen molar-refractivity contribution in [2.45, 2.75) is 44.1 Å². The summed E-state index contributed by atoms with van der Waals surface area (Å²) in [6.07, 6.45) is 6.51. The van der Waals surface area contributed by atoms with E-state index in [9.17, 15) is 0 Å². The monoisotopic (exact) mass is 343 g/mol. The molecule has 0 radical (unpaired) electrons. The first-order valence-electron chi connectivity index (χ1n) is 7.96. The molecule has 2 aliphatic carbocycles. The molecule has 3 nitrogen and oxygen atoms in total. The fourth-order valence-electron chi connectivity index (χ4n) is 5.13. The van der Waals surface area contributed by atoms with Gasteiger partial charge < -0.3 is 4.57 Å². The second kappa shape index (κ2) is 4.19. The lowest BCUT2D eigenvalue weighted by Crippen LogP contribution is -2.31. The smallest absolute Gasteiger partial charge is 0.136 e. The Labute approximate surface area is 132 Å². The summed E-state index contributed by atoms with van der Waals surface area (Å²) in [4.78, 5) is 5.03. The predicted octanol–water partition coefficient (Wildman–Crippen LogP) is 4.13. The Morgan fingerprint density at radius 3 is 2.62 bits per heavy atom. The van der Waals surface area contributed by atoms with Crippen LogP contribution in [0.15, 0.2) is 22.7 Å². The predicted molar refractivity (Wildman–Crippen MR) is 85.1 cm³/mol. The van der Waals surface area contributed by atoms with Crippen molar-refractivity contribution in [1.82, 2.24) is 9.55 Å². The zero-order valence-corrected chi connectivity index (χ0v) is 13.4. The van der Waals surface area contributed by atoms with E-state index in [-0.39, 0.29) is 0 Å². The van der Waals surface area contributed by atoms with E-state index in [2.05, 4.69) is 20.5 Å². The maximum absolute atomic E-state index is 8.75. The molecule has 1 aromatic heterocycles. The molecule has 2 aliphatic heterocycles. The van der Waals surface area contributed by atoms with Gasteiger partial charge >= 0.3 is 0 Å². The highest BCUT2D eigenvalue weighted by atomic mass is 79.9. The van der Waals surface area contributed by atoms with Crippen molar-refractivity contribution in [3.05, 3.63) is 34.0 Å². The van der Waals surface area contributed by atoms with E-state index < -0.39 is 0 Å². The molecule has 108 valence electrons. The summed E-state index contributed by atoms with van der Waals surface area (Å²) < 4.78 is 3.30. The number of aromatic nitrogens is 2. The van der Waals surface area contributed by atoms with Crippen LogP contribution in [0.5, 0.6) is 0 Å². The molecule has 2 fully saturated rings. The lowest BCUT2D eigenvalue weighted by atomic mass is 9.68. The highest BCUT2D eigenvalue weighted by Gasteiger charge is 2.43. The molecule has 2 saturated carbocycles. The number of benzene rings is 1. The van der Waals surface area contributed by atoms with Crippen molar-refractivity contribution in [3.63, 3.8) is 0 Å². The Hall–Kier alpha value is -1.16. The molecular formula is C17H18BrN3. The maximum atomic E-state index is 8.75. The Kier molecular flexibility index (Phi) is 2.47. The van der Waals surface area contributed by atoms with Gasteiger partial charge in [0.25, 0.3) is 0 Å². The van der Waals surface area contributed by atoms with E-state index >= 15 is 0 Å². The van der Waals surface area contributed by atoms with Crippen LogP contribution in [0.4, 0.5) is 0 Å². The van der Waals surface area contributed by atoms with Crippen LogP contribution in [0.3, 0.4) is 0 Å². The summed E-state index contributed by atoms with van der Waals surface area (Å²) in [6.45, 7) is 0. The third-order valence-corrected chi connectivity index (χ3v) is 6.44. The van der Waals surface area contributed by atoms with Crippen molar-refractivity contribution >= 4 is 26.8 Å². The molecule has 0 amide bonds. The number of nitrogens with one attached hydrogen (secondary N) is 1. The van der Waals surface area contributed by atoms with Crippen LogP contribution < -0.4 is 5.49 Å². The number of hydrogen-bond donors (Lipinski definition) is 1. The standard InChI is InChI=1S/C17H18BrN3/c18-14-3-1-2-13-15(14)20-17-11-5-9-4-10(6-11)8-12(7-9)21(17)16(13)19/h1-3,9-12,19H,4-8H2. The van der Waals surface area contributed by atoms with Crippen molar-refractivity contribution in [3.8, 4) is 0 Å². The van der Waals surface area contributed by atoms with Gasteiger partial charge in [-0.2, -0.15) is 0 Å².